The Labute approximate surface area is 176 Å². The third kappa shape index (κ3) is 4.15. The number of nitrogens with one attached hydrogen (secondary N) is 1. The van der Waals surface area contributed by atoms with E-state index in [1.54, 1.807) is 11.3 Å². The number of nitrogens with zero attached hydrogens (tertiary/aromatic N) is 2. The van der Waals surface area contributed by atoms with Gasteiger partial charge in [-0.2, -0.15) is 5.26 Å². The Hall–Kier alpha value is -2.11. The van der Waals surface area contributed by atoms with Crippen LogP contribution in [-0.2, 0) is 11.2 Å². The van der Waals surface area contributed by atoms with Crippen molar-refractivity contribution in [2.24, 2.45) is 0 Å². The van der Waals surface area contributed by atoms with Crippen LogP contribution in [0.2, 0.25) is 0 Å². The summed E-state index contributed by atoms with van der Waals surface area (Å²) in [6.45, 7) is 1.21. The molecule has 28 heavy (non-hydrogen) atoms. The van der Waals surface area contributed by atoms with Crippen LogP contribution in [0.5, 0.6) is 0 Å². The van der Waals surface area contributed by atoms with Gasteiger partial charge < -0.3 is 5.32 Å². The van der Waals surface area contributed by atoms with Crippen molar-refractivity contribution < 1.29 is 4.79 Å². The van der Waals surface area contributed by atoms with Crippen molar-refractivity contribution >= 4 is 46.0 Å². The number of anilines is 1. The molecule has 0 aliphatic carbocycles. The molecule has 0 saturated heterocycles. The zero-order chi connectivity index (χ0) is 19.3. The van der Waals surface area contributed by atoms with E-state index in [1.807, 2.05) is 35.6 Å². The molecule has 4 nitrogen and oxygen atoms in total. The van der Waals surface area contributed by atoms with Gasteiger partial charge in [0.25, 0.3) is 0 Å². The molecule has 1 aliphatic heterocycles. The van der Waals surface area contributed by atoms with Crippen LogP contribution in [0.25, 0.3) is 0 Å². The van der Waals surface area contributed by atoms with Crippen molar-refractivity contribution in [2.45, 2.75) is 17.4 Å². The maximum Gasteiger partial charge on any atom is 0.238 e. The number of thiophene rings is 2. The third-order valence-corrected chi connectivity index (χ3v) is 7.54. The molecule has 1 atom stereocenters. The van der Waals surface area contributed by atoms with Gasteiger partial charge in [0.1, 0.15) is 0 Å². The SMILES string of the molecule is N#CCSc1ccccc1NC(=O)CN1CCc2sccc2[C@H]1c1cccs1. The average Bonchev–Trinajstić information content (AvgIpc) is 3.39. The molecule has 0 unspecified atom stereocenters. The highest BCUT2D eigenvalue weighted by atomic mass is 32.2. The Bertz CT molecular complexity index is 991. The second-order valence-corrected chi connectivity index (χ2v) is 9.43. The number of amides is 1. The van der Waals surface area contributed by atoms with Gasteiger partial charge in [0.15, 0.2) is 0 Å². The fraction of sp³-hybridized carbons (Fsp3) is 0.238. The minimum Gasteiger partial charge on any atom is -0.324 e. The predicted octanol–water partition coefficient (Wildman–Crippen LogP) is 5.01. The van der Waals surface area contributed by atoms with Gasteiger partial charge in [0.2, 0.25) is 5.91 Å². The van der Waals surface area contributed by atoms with Gasteiger partial charge in [-0.05, 0) is 47.0 Å². The maximum atomic E-state index is 12.9. The second kappa shape index (κ2) is 8.93. The molecule has 0 fully saturated rings. The van der Waals surface area contributed by atoms with E-state index in [9.17, 15) is 4.79 Å². The Balaban J connectivity index is 1.51. The lowest BCUT2D eigenvalue weighted by Gasteiger charge is -2.34. The normalized spacial score (nSPS) is 16.3. The molecule has 0 radical (unpaired) electrons. The predicted molar refractivity (Wildman–Crippen MR) is 117 cm³/mol. The quantitative estimate of drug-likeness (QED) is 0.564. The van der Waals surface area contributed by atoms with Crippen LogP contribution >= 0.6 is 34.4 Å². The van der Waals surface area contributed by atoms with Crippen molar-refractivity contribution in [1.82, 2.24) is 4.90 Å². The largest absolute Gasteiger partial charge is 0.324 e. The summed E-state index contributed by atoms with van der Waals surface area (Å²) in [6.07, 6.45) is 0.983. The number of para-hydroxylation sites is 1. The molecular formula is C21H19N3OS3. The molecule has 7 heteroatoms. The summed E-state index contributed by atoms with van der Waals surface area (Å²) in [4.78, 5) is 18.7. The Kier molecular flexibility index (Phi) is 6.13. The summed E-state index contributed by atoms with van der Waals surface area (Å²) in [5.74, 6) is 0.339. The first-order chi connectivity index (χ1) is 13.8. The van der Waals surface area contributed by atoms with E-state index in [0.29, 0.717) is 12.3 Å². The smallest absolute Gasteiger partial charge is 0.238 e. The summed E-state index contributed by atoms with van der Waals surface area (Å²) >= 11 is 4.99. The van der Waals surface area contributed by atoms with E-state index >= 15 is 0 Å². The van der Waals surface area contributed by atoms with Gasteiger partial charge >= 0.3 is 0 Å². The van der Waals surface area contributed by atoms with Gasteiger partial charge in [0, 0.05) is 21.2 Å². The van der Waals surface area contributed by atoms with Crippen LogP contribution in [0.15, 0.2) is 58.1 Å². The van der Waals surface area contributed by atoms with E-state index in [-0.39, 0.29) is 11.9 Å². The summed E-state index contributed by atoms with van der Waals surface area (Å²) in [5, 5.41) is 16.1. The third-order valence-electron chi connectivity index (χ3n) is 4.68. The molecule has 1 aromatic carbocycles. The number of carbonyl (C=O) groups is 1. The van der Waals surface area contributed by atoms with Crippen molar-refractivity contribution in [2.75, 3.05) is 24.2 Å². The molecule has 3 heterocycles. The molecule has 4 rings (SSSR count). The number of thioether (sulfide) groups is 1. The number of nitriles is 1. The summed E-state index contributed by atoms with van der Waals surface area (Å²) < 4.78 is 0. The van der Waals surface area contributed by atoms with E-state index in [2.05, 4.69) is 45.2 Å². The van der Waals surface area contributed by atoms with Crippen LogP contribution in [0, 0.1) is 11.3 Å². The molecule has 1 aliphatic rings. The number of hydrogen-bond acceptors (Lipinski definition) is 6. The molecule has 0 bridgehead atoms. The minimum absolute atomic E-state index is 0.0229. The van der Waals surface area contributed by atoms with Crippen LogP contribution in [-0.4, -0.2) is 29.6 Å². The molecule has 0 spiro atoms. The summed E-state index contributed by atoms with van der Waals surface area (Å²) in [6, 6.07) is 16.3. The zero-order valence-electron chi connectivity index (χ0n) is 15.1. The second-order valence-electron chi connectivity index (χ2n) is 6.43. The first-order valence-electron chi connectivity index (χ1n) is 8.98. The van der Waals surface area contributed by atoms with Crippen LogP contribution in [0.4, 0.5) is 5.69 Å². The fourth-order valence-corrected chi connectivity index (χ4v) is 5.95. The van der Waals surface area contributed by atoms with Crippen LogP contribution in [0.3, 0.4) is 0 Å². The maximum absolute atomic E-state index is 12.9. The van der Waals surface area contributed by atoms with E-state index in [1.165, 1.54) is 27.1 Å². The van der Waals surface area contributed by atoms with Crippen molar-refractivity contribution in [3.05, 3.63) is 68.5 Å². The summed E-state index contributed by atoms with van der Waals surface area (Å²) in [5.41, 5.74) is 2.10. The lowest BCUT2D eigenvalue weighted by molar-refractivity contribution is -0.117. The average molecular weight is 426 g/mol. The molecular weight excluding hydrogens is 406 g/mol. The topological polar surface area (TPSA) is 56.1 Å². The Morgan fingerprint density at radius 3 is 2.93 bits per heavy atom. The molecule has 142 valence electrons. The van der Waals surface area contributed by atoms with E-state index < -0.39 is 0 Å². The molecule has 3 aromatic rings. The number of fused-ring (bicyclic) bond motifs is 1. The number of hydrogen-bond donors (Lipinski definition) is 1. The van der Waals surface area contributed by atoms with E-state index in [0.717, 1.165) is 23.5 Å². The molecule has 2 aromatic heterocycles. The monoisotopic (exact) mass is 425 g/mol. The molecule has 1 N–H and O–H groups in total. The Morgan fingerprint density at radius 1 is 1.21 bits per heavy atom. The number of benzene rings is 1. The Morgan fingerprint density at radius 2 is 2.11 bits per heavy atom. The lowest BCUT2D eigenvalue weighted by Crippen LogP contribution is -2.40. The van der Waals surface area contributed by atoms with Gasteiger partial charge in [-0.25, -0.2) is 0 Å². The standard InChI is InChI=1S/C21H19N3OS3/c22-9-13-28-18-5-2-1-4-16(18)23-20(25)14-24-10-7-17-15(8-12-27-17)21(24)19-6-3-11-26-19/h1-6,8,11-12,21H,7,10,13-14H2,(H,23,25)/t21-/m0/s1. The van der Waals surface area contributed by atoms with Gasteiger partial charge in [0.05, 0.1) is 30.1 Å². The number of carbonyl (C=O) groups excluding carboxylic acids is 1. The highest BCUT2D eigenvalue weighted by molar-refractivity contribution is 7.99. The highest BCUT2D eigenvalue weighted by Crippen LogP contribution is 2.39. The van der Waals surface area contributed by atoms with Crippen LogP contribution in [0.1, 0.15) is 21.4 Å². The van der Waals surface area contributed by atoms with E-state index in [4.69, 9.17) is 5.26 Å². The van der Waals surface area contributed by atoms with Gasteiger partial charge in [-0.1, -0.05) is 18.2 Å². The van der Waals surface area contributed by atoms with Crippen molar-refractivity contribution in [1.29, 1.82) is 5.26 Å². The molecule has 0 saturated carbocycles. The minimum atomic E-state index is -0.0229. The van der Waals surface area contributed by atoms with Gasteiger partial charge in [-0.15, -0.1) is 34.4 Å². The first kappa shape index (κ1) is 19.2. The fourth-order valence-electron chi connectivity index (χ4n) is 3.50. The van der Waals surface area contributed by atoms with Crippen molar-refractivity contribution in [3.8, 4) is 6.07 Å². The molecule has 1 amide bonds. The number of rotatable bonds is 6. The van der Waals surface area contributed by atoms with Gasteiger partial charge in [-0.3, -0.25) is 9.69 Å². The van der Waals surface area contributed by atoms with Crippen LogP contribution < -0.4 is 5.32 Å². The zero-order valence-corrected chi connectivity index (χ0v) is 17.6. The summed E-state index contributed by atoms with van der Waals surface area (Å²) in [7, 11) is 0. The first-order valence-corrected chi connectivity index (χ1v) is 11.7. The highest BCUT2D eigenvalue weighted by Gasteiger charge is 2.31. The van der Waals surface area contributed by atoms with Crippen molar-refractivity contribution in [3.63, 3.8) is 0 Å². The lowest BCUT2D eigenvalue weighted by atomic mass is 9.98.